The molecular formula is C5H10N2. The Morgan fingerprint density at radius 3 is 2.14 bits per heavy atom. The molecule has 0 aromatic rings. The zero-order valence-electron chi connectivity index (χ0n) is 4.73. The topological polar surface area (TPSA) is 27.1 Å². The SMILES string of the molecule is C=C(C=N)N(C)C. The van der Waals surface area contributed by atoms with Crippen LogP contribution < -0.4 is 0 Å². The third-order valence-electron chi connectivity index (χ3n) is 0.741. The molecule has 0 radical (unpaired) electrons. The van der Waals surface area contributed by atoms with Crippen molar-refractivity contribution in [2.45, 2.75) is 0 Å². The number of nitrogens with zero attached hydrogens (tertiary/aromatic N) is 1. The molecule has 2 nitrogen and oxygen atoms in total. The average Bonchev–Trinajstić information content (AvgIpc) is 1.65. The molecule has 0 aliphatic carbocycles. The fourth-order valence-electron chi connectivity index (χ4n) is 0.129. The second kappa shape index (κ2) is 2.39. The van der Waals surface area contributed by atoms with Gasteiger partial charge in [-0.05, 0) is 0 Å². The van der Waals surface area contributed by atoms with Crippen LogP contribution in [0.4, 0.5) is 0 Å². The molecule has 0 aliphatic heterocycles. The zero-order chi connectivity index (χ0) is 5.86. The van der Waals surface area contributed by atoms with Crippen LogP contribution in [-0.4, -0.2) is 25.2 Å². The fraction of sp³-hybridized carbons (Fsp3) is 0.400. The molecule has 0 rings (SSSR count). The Balaban J connectivity index is 3.56. The first-order valence-electron chi connectivity index (χ1n) is 2.05. The van der Waals surface area contributed by atoms with Crippen molar-refractivity contribution in [2.24, 2.45) is 0 Å². The van der Waals surface area contributed by atoms with Gasteiger partial charge < -0.3 is 10.3 Å². The number of hydrogen-bond acceptors (Lipinski definition) is 2. The largest absolute Gasteiger partial charge is 0.377 e. The molecule has 40 valence electrons. The number of nitrogens with one attached hydrogen (secondary N) is 1. The highest BCUT2D eigenvalue weighted by molar-refractivity contribution is 5.73. The fourth-order valence-corrected chi connectivity index (χ4v) is 0.129. The van der Waals surface area contributed by atoms with Crippen molar-refractivity contribution in [3.8, 4) is 0 Å². The highest BCUT2D eigenvalue weighted by atomic mass is 15.1. The smallest absolute Gasteiger partial charge is 0.0466 e. The van der Waals surface area contributed by atoms with E-state index >= 15 is 0 Å². The van der Waals surface area contributed by atoms with Gasteiger partial charge in [-0.2, -0.15) is 0 Å². The van der Waals surface area contributed by atoms with Crippen molar-refractivity contribution >= 4 is 6.21 Å². The number of hydrogen-bond donors (Lipinski definition) is 1. The summed E-state index contributed by atoms with van der Waals surface area (Å²) in [4.78, 5) is 1.78. The van der Waals surface area contributed by atoms with Crippen LogP contribution >= 0.6 is 0 Å². The molecule has 0 aliphatic rings. The Hall–Kier alpha value is -0.790. The molecule has 1 N–H and O–H groups in total. The lowest BCUT2D eigenvalue weighted by atomic mass is 10.5. The van der Waals surface area contributed by atoms with Crippen LogP contribution in [0.5, 0.6) is 0 Å². The number of allylic oxidation sites excluding steroid dienone is 1. The molecule has 2 heteroatoms. The molecule has 0 atom stereocenters. The zero-order valence-corrected chi connectivity index (χ0v) is 4.73. The Bertz CT molecular complexity index is 84.1. The summed E-state index contributed by atoms with van der Waals surface area (Å²) in [5.74, 6) is 0. The van der Waals surface area contributed by atoms with E-state index in [1.807, 2.05) is 14.1 Å². The third-order valence-corrected chi connectivity index (χ3v) is 0.741. The summed E-state index contributed by atoms with van der Waals surface area (Å²) in [6.07, 6.45) is 1.22. The normalized spacial score (nSPS) is 7.71. The maximum Gasteiger partial charge on any atom is 0.0466 e. The van der Waals surface area contributed by atoms with E-state index in [4.69, 9.17) is 5.41 Å². The number of rotatable bonds is 2. The Labute approximate surface area is 44.0 Å². The minimum absolute atomic E-state index is 0.722. The van der Waals surface area contributed by atoms with Crippen LogP contribution in [0.1, 0.15) is 0 Å². The highest BCUT2D eigenvalue weighted by Gasteiger charge is 1.84. The summed E-state index contributed by atoms with van der Waals surface area (Å²) in [5.41, 5.74) is 0.722. The minimum atomic E-state index is 0.722. The predicted octanol–water partition coefficient (Wildman–Crippen LogP) is 0.711. The molecule has 0 fully saturated rings. The summed E-state index contributed by atoms with van der Waals surface area (Å²) in [6.45, 7) is 3.56. The van der Waals surface area contributed by atoms with Gasteiger partial charge in [-0.15, -0.1) is 0 Å². The molecule has 0 unspecified atom stereocenters. The van der Waals surface area contributed by atoms with Gasteiger partial charge in [-0.3, -0.25) is 0 Å². The molecule has 0 aromatic heterocycles. The first-order valence-corrected chi connectivity index (χ1v) is 2.05. The van der Waals surface area contributed by atoms with Crippen molar-refractivity contribution in [1.82, 2.24) is 4.90 Å². The molecule has 0 amide bonds. The van der Waals surface area contributed by atoms with Crippen molar-refractivity contribution in [3.05, 3.63) is 12.3 Å². The van der Waals surface area contributed by atoms with E-state index in [0.29, 0.717) is 0 Å². The van der Waals surface area contributed by atoms with E-state index in [1.165, 1.54) is 6.21 Å². The summed E-state index contributed by atoms with van der Waals surface area (Å²) < 4.78 is 0. The summed E-state index contributed by atoms with van der Waals surface area (Å²) in [6, 6.07) is 0. The molecule has 0 heterocycles. The van der Waals surface area contributed by atoms with Crippen LogP contribution in [0.3, 0.4) is 0 Å². The van der Waals surface area contributed by atoms with Gasteiger partial charge in [0.05, 0.1) is 0 Å². The quantitative estimate of drug-likeness (QED) is 0.506. The molecule has 0 bridgehead atoms. The van der Waals surface area contributed by atoms with Gasteiger partial charge in [-0.1, -0.05) is 6.58 Å². The van der Waals surface area contributed by atoms with Gasteiger partial charge in [0.2, 0.25) is 0 Å². The highest BCUT2D eigenvalue weighted by Crippen LogP contribution is 1.84. The van der Waals surface area contributed by atoms with Crippen LogP contribution in [-0.2, 0) is 0 Å². The van der Waals surface area contributed by atoms with Crippen LogP contribution in [0.25, 0.3) is 0 Å². The van der Waals surface area contributed by atoms with E-state index < -0.39 is 0 Å². The Kier molecular flexibility index (Phi) is 2.12. The molecule has 0 saturated carbocycles. The van der Waals surface area contributed by atoms with Crippen molar-refractivity contribution in [1.29, 1.82) is 5.41 Å². The summed E-state index contributed by atoms with van der Waals surface area (Å²) in [5, 5.41) is 6.67. The lowest BCUT2D eigenvalue weighted by Gasteiger charge is -2.08. The standard InChI is InChI=1S/C5H10N2/c1-5(4-6)7(2)3/h4,6H,1H2,2-3H3. The van der Waals surface area contributed by atoms with Crippen LogP contribution in [0.15, 0.2) is 12.3 Å². The van der Waals surface area contributed by atoms with Crippen molar-refractivity contribution in [3.63, 3.8) is 0 Å². The first kappa shape index (κ1) is 6.21. The van der Waals surface area contributed by atoms with E-state index in [-0.39, 0.29) is 0 Å². The third kappa shape index (κ3) is 1.98. The van der Waals surface area contributed by atoms with E-state index in [9.17, 15) is 0 Å². The lowest BCUT2D eigenvalue weighted by molar-refractivity contribution is 0.544. The molecule has 7 heavy (non-hydrogen) atoms. The van der Waals surface area contributed by atoms with E-state index in [0.717, 1.165) is 5.70 Å². The van der Waals surface area contributed by atoms with Gasteiger partial charge in [-0.25, -0.2) is 0 Å². The monoisotopic (exact) mass is 98.1 g/mol. The summed E-state index contributed by atoms with van der Waals surface area (Å²) in [7, 11) is 3.71. The van der Waals surface area contributed by atoms with Gasteiger partial charge >= 0.3 is 0 Å². The molecule has 0 saturated heterocycles. The van der Waals surface area contributed by atoms with Gasteiger partial charge in [0.15, 0.2) is 0 Å². The minimum Gasteiger partial charge on any atom is -0.377 e. The molecule has 0 aromatic carbocycles. The van der Waals surface area contributed by atoms with E-state index in [2.05, 4.69) is 6.58 Å². The maximum atomic E-state index is 6.67. The second-order valence-electron chi connectivity index (χ2n) is 1.53. The van der Waals surface area contributed by atoms with Crippen molar-refractivity contribution < 1.29 is 0 Å². The maximum absolute atomic E-state index is 6.67. The molecular weight excluding hydrogens is 88.1 g/mol. The first-order chi connectivity index (χ1) is 3.18. The predicted molar refractivity (Wildman–Crippen MR) is 31.6 cm³/mol. The lowest BCUT2D eigenvalue weighted by Crippen LogP contribution is -2.09. The average molecular weight is 98.1 g/mol. The van der Waals surface area contributed by atoms with Gasteiger partial charge in [0, 0.05) is 26.0 Å². The summed E-state index contributed by atoms with van der Waals surface area (Å²) >= 11 is 0. The van der Waals surface area contributed by atoms with Crippen molar-refractivity contribution in [2.75, 3.05) is 14.1 Å². The second-order valence-corrected chi connectivity index (χ2v) is 1.53. The molecule has 0 spiro atoms. The van der Waals surface area contributed by atoms with Crippen LogP contribution in [0, 0.1) is 5.41 Å². The van der Waals surface area contributed by atoms with Crippen LogP contribution in [0.2, 0.25) is 0 Å². The van der Waals surface area contributed by atoms with Gasteiger partial charge in [0.1, 0.15) is 0 Å². The van der Waals surface area contributed by atoms with Gasteiger partial charge in [0.25, 0.3) is 0 Å². The van der Waals surface area contributed by atoms with E-state index in [1.54, 1.807) is 4.90 Å². The Morgan fingerprint density at radius 1 is 1.71 bits per heavy atom. The Morgan fingerprint density at radius 2 is 2.14 bits per heavy atom.